The molecule has 2 fully saturated rings. The molecule has 1 amide bonds. The van der Waals surface area contributed by atoms with E-state index in [-0.39, 0.29) is 17.4 Å². The molecule has 0 radical (unpaired) electrons. The Kier molecular flexibility index (Phi) is 10.3. The predicted octanol–water partition coefficient (Wildman–Crippen LogP) is 5.60. The summed E-state index contributed by atoms with van der Waals surface area (Å²) in [6.07, 6.45) is 10.0. The molecule has 6 atom stereocenters. The first-order valence-corrected chi connectivity index (χ1v) is 20.0. The molecule has 0 aromatic heterocycles. The van der Waals surface area contributed by atoms with E-state index in [1.807, 2.05) is 31.2 Å². The van der Waals surface area contributed by atoms with Gasteiger partial charge in [-0.05, 0) is 105 Å². The van der Waals surface area contributed by atoms with Crippen LogP contribution in [0.4, 0.5) is 5.69 Å². The summed E-state index contributed by atoms with van der Waals surface area (Å²) in [5.41, 5.74) is 3.46. The average Bonchev–Trinajstić information content (AvgIpc) is 3.22. The van der Waals surface area contributed by atoms with Gasteiger partial charge in [-0.15, -0.1) is 0 Å². The van der Waals surface area contributed by atoms with Gasteiger partial charge in [0.05, 0.1) is 43.5 Å². The molecule has 2 aromatic carbocycles. The smallest absolute Gasteiger partial charge is 0.264 e. The highest BCUT2D eigenvalue weighted by Gasteiger charge is 2.45. The fourth-order valence-corrected chi connectivity index (χ4v) is 9.93. The molecule has 7 rings (SSSR count). The van der Waals surface area contributed by atoms with Gasteiger partial charge in [-0.2, -0.15) is 0 Å². The number of carbonyl (C=O) groups is 1. The van der Waals surface area contributed by atoms with E-state index < -0.39 is 21.2 Å². The topological polar surface area (TPSA) is 97.4 Å². The lowest BCUT2D eigenvalue weighted by atomic mass is 9.68. The summed E-state index contributed by atoms with van der Waals surface area (Å²) in [5.74, 6) is 0.582. The average molecular weight is 712 g/mol. The van der Waals surface area contributed by atoms with Gasteiger partial charge in [0, 0.05) is 48.7 Å². The standard InChI is InChI=1S/C38H50ClN3O6S/c1-26-5-3-7-35(47-20-17-41-15-18-46-19-16-41)32-11-8-30(32)23-42-24-38(14-4-6-28-21-31(39)10-12-33(28)38)25-48-36-13-9-29(22-34(36)42)37(43)40-49(44,45)27(26)2/h3,5,9-10,12-13,21-22,26-27,30,32,35H,4,6-8,11,14-20,23-25H2,1-2H3,(H,40,43)/b5-3-/t26-,27+,30-,32+,35-,38-/m0/s1. The molecule has 0 unspecified atom stereocenters. The SMILES string of the molecule is C[C@@H]1[C@@H](C)/C=C\C[C@H](OCCN2CCOCC2)[C@@H]2CC[C@H]2CN2C[C@@]3(CCCc4cc(Cl)ccc43)COc3ccc(cc32)C(=O)NS1(=O)=O. The van der Waals surface area contributed by atoms with Gasteiger partial charge in [-0.1, -0.05) is 36.7 Å². The van der Waals surface area contributed by atoms with Crippen LogP contribution < -0.4 is 14.4 Å². The zero-order valence-electron chi connectivity index (χ0n) is 28.7. The van der Waals surface area contributed by atoms with Crippen molar-refractivity contribution in [2.24, 2.45) is 17.8 Å². The first kappa shape index (κ1) is 34.8. The summed E-state index contributed by atoms with van der Waals surface area (Å²) in [6.45, 7) is 10.5. The molecular formula is C38H50ClN3O6S. The monoisotopic (exact) mass is 711 g/mol. The molecule has 5 aliphatic rings. The zero-order valence-corrected chi connectivity index (χ0v) is 30.3. The molecule has 3 aliphatic heterocycles. The molecular weight excluding hydrogens is 662 g/mol. The van der Waals surface area contributed by atoms with Crippen LogP contribution >= 0.6 is 11.6 Å². The molecule has 1 saturated carbocycles. The summed E-state index contributed by atoms with van der Waals surface area (Å²) in [4.78, 5) is 18.3. The number of aryl methyl sites for hydroxylation is 1. The van der Waals surface area contributed by atoms with Crippen LogP contribution in [0.3, 0.4) is 0 Å². The van der Waals surface area contributed by atoms with Crippen LogP contribution in [0, 0.1) is 17.8 Å². The van der Waals surface area contributed by atoms with Crippen LogP contribution in [0.15, 0.2) is 48.6 Å². The van der Waals surface area contributed by atoms with E-state index in [9.17, 15) is 13.2 Å². The van der Waals surface area contributed by atoms with E-state index in [1.54, 1.807) is 13.0 Å². The number of fused-ring (bicyclic) bond motifs is 4. The molecule has 2 aromatic rings. The van der Waals surface area contributed by atoms with Gasteiger partial charge in [-0.3, -0.25) is 9.69 Å². The van der Waals surface area contributed by atoms with Gasteiger partial charge >= 0.3 is 0 Å². The third-order valence-electron chi connectivity index (χ3n) is 11.8. The van der Waals surface area contributed by atoms with Crippen LogP contribution in [0.5, 0.6) is 5.75 Å². The first-order chi connectivity index (χ1) is 23.6. The molecule has 9 nitrogen and oxygen atoms in total. The number of allylic oxidation sites excluding steroid dienone is 1. The van der Waals surface area contributed by atoms with Gasteiger partial charge in [0.25, 0.3) is 5.91 Å². The minimum absolute atomic E-state index is 0.0308. The molecule has 2 aliphatic carbocycles. The third-order valence-corrected chi connectivity index (χ3v) is 13.9. The summed E-state index contributed by atoms with van der Waals surface area (Å²) in [6, 6.07) is 11.6. The normalized spacial score (nSPS) is 32.5. The maximum atomic E-state index is 13.5. The summed E-state index contributed by atoms with van der Waals surface area (Å²) in [7, 11) is -3.94. The molecule has 1 N–H and O–H groups in total. The Morgan fingerprint density at radius 1 is 1.10 bits per heavy atom. The highest BCUT2D eigenvalue weighted by atomic mass is 35.5. The van der Waals surface area contributed by atoms with Crippen molar-refractivity contribution in [2.45, 2.75) is 69.1 Å². The van der Waals surface area contributed by atoms with Crippen LogP contribution in [-0.4, -0.2) is 89.7 Å². The van der Waals surface area contributed by atoms with Gasteiger partial charge in [0.1, 0.15) is 5.75 Å². The number of hydrogen-bond donors (Lipinski definition) is 1. The molecule has 49 heavy (non-hydrogen) atoms. The van der Waals surface area contributed by atoms with Crippen molar-refractivity contribution in [3.05, 3.63) is 70.3 Å². The van der Waals surface area contributed by atoms with E-state index >= 15 is 0 Å². The molecule has 3 heterocycles. The Morgan fingerprint density at radius 2 is 1.94 bits per heavy atom. The summed E-state index contributed by atoms with van der Waals surface area (Å²) in [5, 5.41) is -0.0443. The Labute approximate surface area is 296 Å². The Morgan fingerprint density at radius 3 is 2.73 bits per heavy atom. The number of ether oxygens (including phenoxy) is 3. The number of hydrogen-bond acceptors (Lipinski definition) is 8. The van der Waals surface area contributed by atoms with Crippen molar-refractivity contribution in [1.82, 2.24) is 9.62 Å². The number of benzene rings is 2. The van der Waals surface area contributed by atoms with E-state index in [1.165, 1.54) is 11.1 Å². The maximum absolute atomic E-state index is 13.5. The summed E-state index contributed by atoms with van der Waals surface area (Å²) < 4.78 is 48.1. The largest absolute Gasteiger partial charge is 0.490 e. The Hall–Kier alpha value is -2.63. The lowest BCUT2D eigenvalue weighted by molar-refractivity contribution is -0.0523. The number of nitrogens with zero attached hydrogens (tertiary/aromatic N) is 2. The lowest BCUT2D eigenvalue weighted by Gasteiger charge is -2.46. The molecule has 1 spiro atoms. The second-order valence-electron chi connectivity index (χ2n) is 14.9. The minimum Gasteiger partial charge on any atom is -0.490 e. The van der Waals surface area contributed by atoms with Crippen molar-refractivity contribution in [3.63, 3.8) is 0 Å². The molecule has 11 heteroatoms. The van der Waals surface area contributed by atoms with Crippen molar-refractivity contribution >= 4 is 33.2 Å². The van der Waals surface area contributed by atoms with Crippen LogP contribution in [0.25, 0.3) is 0 Å². The predicted molar refractivity (Wildman–Crippen MR) is 192 cm³/mol. The van der Waals surface area contributed by atoms with Gasteiger partial charge in [-0.25, -0.2) is 13.1 Å². The van der Waals surface area contributed by atoms with E-state index in [0.717, 1.165) is 101 Å². The third kappa shape index (κ3) is 7.40. The van der Waals surface area contributed by atoms with E-state index in [2.05, 4.69) is 32.7 Å². The first-order valence-electron chi connectivity index (χ1n) is 18.1. The second kappa shape index (κ2) is 14.5. The molecule has 1 saturated heterocycles. The summed E-state index contributed by atoms with van der Waals surface area (Å²) >= 11 is 6.46. The number of halogens is 1. The quantitative estimate of drug-likeness (QED) is 0.410. The number of morpholine rings is 1. The van der Waals surface area contributed by atoms with Crippen molar-refractivity contribution in [1.29, 1.82) is 0 Å². The van der Waals surface area contributed by atoms with Crippen LogP contribution in [0.1, 0.15) is 67.4 Å². The number of rotatable bonds is 4. The van der Waals surface area contributed by atoms with Crippen LogP contribution in [0.2, 0.25) is 5.02 Å². The lowest BCUT2D eigenvalue weighted by Crippen LogP contribution is -2.50. The number of sulfonamides is 1. The van der Waals surface area contributed by atoms with Crippen molar-refractivity contribution in [3.8, 4) is 5.75 Å². The maximum Gasteiger partial charge on any atom is 0.264 e. The fourth-order valence-electron chi connectivity index (χ4n) is 8.52. The highest BCUT2D eigenvalue weighted by molar-refractivity contribution is 7.90. The Balaban J connectivity index is 1.23. The number of anilines is 1. The molecule has 2 bridgehead atoms. The van der Waals surface area contributed by atoms with Crippen molar-refractivity contribution in [2.75, 3.05) is 64.1 Å². The number of amides is 1. The Bertz CT molecular complexity index is 1660. The van der Waals surface area contributed by atoms with Crippen LogP contribution in [-0.2, 0) is 31.3 Å². The van der Waals surface area contributed by atoms with Gasteiger partial charge in [0.2, 0.25) is 10.0 Å². The minimum atomic E-state index is -3.94. The number of nitrogens with one attached hydrogen (secondary N) is 1. The fraction of sp³-hybridized carbons (Fsp3) is 0.605. The van der Waals surface area contributed by atoms with E-state index in [4.69, 9.17) is 25.8 Å². The number of carbonyl (C=O) groups excluding carboxylic acids is 1. The second-order valence-corrected chi connectivity index (χ2v) is 17.3. The van der Waals surface area contributed by atoms with E-state index in [0.29, 0.717) is 30.6 Å². The van der Waals surface area contributed by atoms with Gasteiger partial charge in [0.15, 0.2) is 0 Å². The highest BCUT2D eigenvalue weighted by Crippen LogP contribution is 2.47. The zero-order chi connectivity index (χ0) is 34.2. The van der Waals surface area contributed by atoms with Gasteiger partial charge < -0.3 is 19.1 Å². The van der Waals surface area contributed by atoms with Crippen molar-refractivity contribution < 1.29 is 27.4 Å². The molecule has 266 valence electrons.